The molecular formula is C17H26O2. The second kappa shape index (κ2) is 4.99. The molecule has 0 aliphatic heterocycles. The Kier molecular flexibility index (Phi) is 4.14. The Labute approximate surface area is 117 Å². The zero-order valence-electron chi connectivity index (χ0n) is 13.5. The van der Waals surface area contributed by atoms with Crippen molar-refractivity contribution < 1.29 is 9.53 Å². The van der Waals surface area contributed by atoms with Gasteiger partial charge in [-0.15, -0.1) is 0 Å². The Balaban J connectivity index is 3.70. The van der Waals surface area contributed by atoms with Crippen molar-refractivity contribution in [2.75, 3.05) is 7.11 Å². The number of ketones is 1. The Morgan fingerprint density at radius 3 is 1.84 bits per heavy atom. The lowest BCUT2D eigenvalue weighted by Gasteiger charge is -2.28. The second-order valence-corrected chi connectivity index (χ2v) is 7.16. The van der Waals surface area contributed by atoms with Crippen LogP contribution in [0.15, 0.2) is 12.1 Å². The van der Waals surface area contributed by atoms with Gasteiger partial charge in [-0.3, -0.25) is 4.79 Å². The number of hydrogen-bond donors (Lipinski definition) is 0. The number of benzene rings is 1. The maximum Gasteiger partial charge on any atom is 0.163 e. The van der Waals surface area contributed by atoms with Crippen molar-refractivity contribution in [3.05, 3.63) is 28.8 Å². The molecule has 0 spiro atoms. The molecule has 2 heteroatoms. The SMILES string of the molecule is COc1c(C(C)=O)cc(C(C)(C)C)cc1C(C)(C)C. The largest absolute Gasteiger partial charge is 0.496 e. The molecule has 1 aromatic carbocycles. The van der Waals surface area contributed by atoms with Crippen LogP contribution >= 0.6 is 0 Å². The Morgan fingerprint density at radius 2 is 1.53 bits per heavy atom. The van der Waals surface area contributed by atoms with Gasteiger partial charge < -0.3 is 4.74 Å². The van der Waals surface area contributed by atoms with Gasteiger partial charge in [0, 0.05) is 5.56 Å². The summed E-state index contributed by atoms with van der Waals surface area (Å²) in [6.07, 6.45) is 0. The van der Waals surface area contributed by atoms with Crippen LogP contribution in [-0.2, 0) is 10.8 Å². The third-order valence-electron chi connectivity index (χ3n) is 3.35. The van der Waals surface area contributed by atoms with E-state index in [1.54, 1.807) is 14.0 Å². The lowest BCUT2D eigenvalue weighted by Crippen LogP contribution is -2.19. The fourth-order valence-corrected chi connectivity index (χ4v) is 2.10. The summed E-state index contributed by atoms with van der Waals surface area (Å²) in [7, 11) is 1.63. The molecule has 0 radical (unpaired) electrons. The van der Waals surface area contributed by atoms with Crippen LogP contribution in [0, 0.1) is 0 Å². The minimum atomic E-state index is -0.0587. The minimum Gasteiger partial charge on any atom is -0.496 e. The molecule has 1 aromatic rings. The molecule has 2 nitrogen and oxygen atoms in total. The number of rotatable bonds is 2. The molecular weight excluding hydrogens is 236 g/mol. The molecule has 19 heavy (non-hydrogen) atoms. The molecule has 0 N–H and O–H groups in total. The Bertz CT molecular complexity index is 485. The summed E-state index contributed by atoms with van der Waals surface area (Å²) in [6.45, 7) is 14.5. The average molecular weight is 262 g/mol. The Morgan fingerprint density at radius 1 is 1.00 bits per heavy atom. The quantitative estimate of drug-likeness (QED) is 0.734. The summed E-state index contributed by atoms with van der Waals surface area (Å²) in [4.78, 5) is 11.9. The van der Waals surface area contributed by atoms with Crippen LogP contribution in [0.5, 0.6) is 5.75 Å². The molecule has 0 bridgehead atoms. The number of carbonyl (C=O) groups is 1. The predicted octanol–water partition coefficient (Wildman–Crippen LogP) is 4.49. The van der Waals surface area contributed by atoms with Gasteiger partial charge in [0.05, 0.1) is 12.7 Å². The van der Waals surface area contributed by atoms with Crippen LogP contribution in [0.25, 0.3) is 0 Å². The van der Waals surface area contributed by atoms with Crippen molar-refractivity contribution in [2.24, 2.45) is 0 Å². The Hall–Kier alpha value is -1.31. The van der Waals surface area contributed by atoms with E-state index in [1.807, 2.05) is 6.07 Å². The van der Waals surface area contributed by atoms with Crippen molar-refractivity contribution in [3.63, 3.8) is 0 Å². The molecule has 0 saturated heterocycles. The van der Waals surface area contributed by atoms with Gasteiger partial charge in [0.25, 0.3) is 0 Å². The van der Waals surface area contributed by atoms with E-state index in [2.05, 4.69) is 47.6 Å². The van der Waals surface area contributed by atoms with Crippen LogP contribution in [0.1, 0.15) is 70.0 Å². The number of carbonyl (C=O) groups excluding carboxylic acids is 1. The highest BCUT2D eigenvalue weighted by Gasteiger charge is 2.26. The van der Waals surface area contributed by atoms with Crippen molar-refractivity contribution in [3.8, 4) is 5.75 Å². The third kappa shape index (κ3) is 3.37. The van der Waals surface area contributed by atoms with Crippen molar-refractivity contribution in [2.45, 2.75) is 59.3 Å². The van der Waals surface area contributed by atoms with E-state index < -0.39 is 0 Å². The van der Waals surface area contributed by atoms with Gasteiger partial charge in [-0.25, -0.2) is 0 Å². The summed E-state index contributed by atoms with van der Waals surface area (Å²) in [5.74, 6) is 0.765. The molecule has 106 valence electrons. The van der Waals surface area contributed by atoms with Gasteiger partial charge in [-0.05, 0) is 29.4 Å². The van der Waals surface area contributed by atoms with E-state index in [4.69, 9.17) is 4.74 Å². The monoisotopic (exact) mass is 262 g/mol. The zero-order valence-corrected chi connectivity index (χ0v) is 13.5. The molecule has 0 aliphatic carbocycles. The maximum absolute atomic E-state index is 11.9. The smallest absolute Gasteiger partial charge is 0.163 e. The highest BCUT2D eigenvalue weighted by Crippen LogP contribution is 2.38. The van der Waals surface area contributed by atoms with E-state index in [-0.39, 0.29) is 16.6 Å². The molecule has 0 heterocycles. The first-order valence-electron chi connectivity index (χ1n) is 6.72. The van der Waals surface area contributed by atoms with Gasteiger partial charge >= 0.3 is 0 Å². The third-order valence-corrected chi connectivity index (χ3v) is 3.35. The summed E-state index contributed by atoms with van der Waals surface area (Å²) in [6, 6.07) is 4.14. The maximum atomic E-state index is 11.9. The zero-order chi connectivity index (χ0) is 15.0. The van der Waals surface area contributed by atoms with Crippen LogP contribution in [0.3, 0.4) is 0 Å². The first-order valence-corrected chi connectivity index (χ1v) is 6.72. The normalized spacial score (nSPS) is 12.4. The summed E-state index contributed by atoms with van der Waals surface area (Å²) in [5.41, 5.74) is 2.89. The topological polar surface area (TPSA) is 26.3 Å². The molecule has 0 aromatic heterocycles. The van der Waals surface area contributed by atoms with E-state index in [9.17, 15) is 4.79 Å². The molecule has 0 unspecified atom stereocenters. The van der Waals surface area contributed by atoms with Gasteiger partial charge in [0.2, 0.25) is 0 Å². The standard InChI is InChI=1S/C17H26O2/c1-11(18)13-9-12(16(2,3)4)10-14(15(13)19-8)17(5,6)7/h9-10H,1-8H3. The molecule has 0 atom stereocenters. The molecule has 1 rings (SSSR count). The van der Waals surface area contributed by atoms with Gasteiger partial charge in [0.15, 0.2) is 5.78 Å². The van der Waals surface area contributed by atoms with Crippen molar-refractivity contribution in [1.29, 1.82) is 0 Å². The van der Waals surface area contributed by atoms with Gasteiger partial charge in [0.1, 0.15) is 5.75 Å². The number of Topliss-reactive ketones (excluding diaryl/α,β-unsaturated/α-hetero) is 1. The molecule has 0 amide bonds. The lowest BCUT2D eigenvalue weighted by atomic mass is 9.78. The van der Waals surface area contributed by atoms with Crippen LogP contribution in [0.4, 0.5) is 0 Å². The highest BCUT2D eigenvalue weighted by atomic mass is 16.5. The first kappa shape index (κ1) is 15.7. The van der Waals surface area contributed by atoms with Crippen molar-refractivity contribution in [1.82, 2.24) is 0 Å². The van der Waals surface area contributed by atoms with E-state index in [1.165, 1.54) is 5.56 Å². The molecule has 0 fully saturated rings. The van der Waals surface area contributed by atoms with Gasteiger partial charge in [-0.1, -0.05) is 47.6 Å². The van der Waals surface area contributed by atoms with Crippen molar-refractivity contribution >= 4 is 5.78 Å². The first-order chi connectivity index (χ1) is 8.48. The van der Waals surface area contributed by atoms with Crippen LogP contribution < -0.4 is 4.74 Å². The lowest BCUT2D eigenvalue weighted by molar-refractivity contribution is 0.101. The summed E-state index contributed by atoms with van der Waals surface area (Å²) < 4.78 is 5.51. The van der Waals surface area contributed by atoms with Gasteiger partial charge in [-0.2, -0.15) is 0 Å². The number of ether oxygens (including phenoxy) is 1. The fraction of sp³-hybridized carbons (Fsp3) is 0.588. The van der Waals surface area contributed by atoms with E-state index >= 15 is 0 Å². The minimum absolute atomic E-state index is 0.0104. The highest BCUT2D eigenvalue weighted by molar-refractivity contribution is 5.97. The van der Waals surface area contributed by atoms with E-state index in [0.29, 0.717) is 11.3 Å². The molecule has 0 saturated carbocycles. The summed E-state index contributed by atoms with van der Waals surface area (Å²) in [5, 5.41) is 0. The average Bonchev–Trinajstić information content (AvgIpc) is 2.24. The predicted molar refractivity (Wildman–Crippen MR) is 80.4 cm³/mol. The summed E-state index contributed by atoms with van der Waals surface area (Å²) >= 11 is 0. The van der Waals surface area contributed by atoms with E-state index in [0.717, 1.165) is 5.56 Å². The van der Waals surface area contributed by atoms with Crippen LogP contribution in [0.2, 0.25) is 0 Å². The number of hydrogen-bond acceptors (Lipinski definition) is 2. The fourth-order valence-electron chi connectivity index (χ4n) is 2.10. The number of methoxy groups -OCH3 is 1. The molecule has 0 aliphatic rings. The van der Waals surface area contributed by atoms with Crippen LogP contribution in [-0.4, -0.2) is 12.9 Å². The second-order valence-electron chi connectivity index (χ2n) is 7.16.